The summed E-state index contributed by atoms with van der Waals surface area (Å²) in [6.07, 6.45) is -0.400. The van der Waals surface area contributed by atoms with Crippen molar-refractivity contribution in [3.63, 3.8) is 0 Å². The van der Waals surface area contributed by atoms with E-state index in [2.05, 4.69) is 32.6 Å². The number of halogens is 2. The largest absolute Gasteiger partial charge is 0.461 e. The van der Waals surface area contributed by atoms with Crippen molar-refractivity contribution in [2.75, 3.05) is 22.9 Å². The monoisotopic (exact) mass is 620 g/mol. The average molecular weight is 621 g/mol. The van der Waals surface area contributed by atoms with Crippen molar-refractivity contribution in [1.29, 1.82) is 0 Å². The third kappa shape index (κ3) is 13.7. The van der Waals surface area contributed by atoms with Crippen LogP contribution in [0.15, 0.2) is 48.5 Å². The Bertz CT molecular complexity index is 1160. The maximum atomic E-state index is 13.8. The quantitative estimate of drug-likeness (QED) is 0.221. The molecule has 2 aromatic carbocycles. The molecule has 0 N–H and O–H groups in total. The van der Waals surface area contributed by atoms with Gasteiger partial charge in [0.1, 0.15) is 11.6 Å². The van der Waals surface area contributed by atoms with E-state index >= 15 is 0 Å². The number of benzene rings is 2. The van der Waals surface area contributed by atoms with Gasteiger partial charge in [0.2, 0.25) is 6.04 Å². The molecule has 0 aromatic heterocycles. The molecule has 0 unspecified atom stereocenters. The smallest absolute Gasteiger partial charge is 0.373 e. The zero-order valence-electron chi connectivity index (χ0n) is 26.4. The minimum Gasteiger partial charge on any atom is -0.461 e. The first-order valence-electron chi connectivity index (χ1n) is 14.1. The molecule has 0 aliphatic rings. The van der Waals surface area contributed by atoms with E-state index in [4.69, 9.17) is 28.7 Å². The highest BCUT2D eigenvalue weighted by Gasteiger charge is 2.38. The molecule has 0 saturated heterocycles. The van der Waals surface area contributed by atoms with Crippen LogP contribution in [0.1, 0.15) is 55.4 Å². The van der Waals surface area contributed by atoms with Gasteiger partial charge in [0.25, 0.3) is 0 Å². The predicted molar refractivity (Wildman–Crippen MR) is 157 cm³/mol. The Hall–Kier alpha value is -4.40. The van der Waals surface area contributed by atoms with Crippen LogP contribution in [0.4, 0.5) is 20.2 Å². The van der Waals surface area contributed by atoms with Crippen molar-refractivity contribution in [2.24, 2.45) is 11.8 Å². The summed E-state index contributed by atoms with van der Waals surface area (Å²) in [4.78, 5) is 62.8. The minimum atomic E-state index is -1.39. The Morgan fingerprint density at radius 1 is 0.614 bits per heavy atom. The van der Waals surface area contributed by atoms with Crippen LogP contribution in [0, 0.1) is 23.5 Å². The maximum Gasteiger partial charge on any atom is 0.373 e. The Morgan fingerprint density at radius 2 is 0.909 bits per heavy atom. The van der Waals surface area contributed by atoms with Gasteiger partial charge in [-0.2, -0.15) is 19.2 Å². The lowest BCUT2D eigenvalue weighted by atomic mass is 9.91. The summed E-state index contributed by atoms with van der Waals surface area (Å²) >= 11 is 0. The van der Waals surface area contributed by atoms with Crippen LogP contribution in [0.2, 0.25) is 0 Å². The molecule has 0 atom stereocenters. The van der Waals surface area contributed by atoms with Crippen molar-refractivity contribution in [3.8, 4) is 0 Å². The van der Waals surface area contributed by atoms with Crippen LogP contribution in [0.5, 0.6) is 0 Å². The Balaban J connectivity index is 0.00000284. The lowest BCUT2D eigenvalue weighted by molar-refractivity contribution is -0.193. The Kier molecular flexibility index (Phi) is 18.4. The molecule has 242 valence electrons. The molecule has 0 aliphatic heterocycles. The summed E-state index contributed by atoms with van der Waals surface area (Å²) < 4.78 is 38.5. The molecule has 0 fully saturated rings. The molecular weight excluding hydrogens is 578 g/mol. The van der Waals surface area contributed by atoms with Crippen LogP contribution < -0.4 is 9.80 Å². The standard InChI is InChI=1S/C30H42F2N2O4.2CO2/c1-19(2)27(20(3)4)33(25-13-9-23(31)10-14-25)17-18-34(26-15-11-24(32)12-16-26)28(29(35)37-21(5)6)30(36)38-22(7)8;2*2-1-3/h9-16,19-22,27-28H,17-18H2,1-8H3;;. The second-order valence-electron chi connectivity index (χ2n) is 10.9. The van der Waals surface area contributed by atoms with Crippen LogP contribution >= 0.6 is 0 Å². The molecule has 0 heterocycles. The first kappa shape index (κ1) is 39.6. The molecule has 10 nitrogen and oxygen atoms in total. The van der Waals surface area contributed by atoms with Crippen LogP contribution in [-0.2, 0) is 38.2 Å². The summed E-state index contributed by atoms with van der Waals surface area (Å²) in [5.41, 5.74) is 1.30. The van der Waals surface area contributed by atoms with Gasteiger partial charge in [-0.25, -0.2) is 18.4 Å². The highest BCUT2D eigenvalue weighted by molar-refractivity contribution is 6.02. The third-order valence-electron chi connectivity index (χ3n) is 6.09. The van der Waals surface area contributed by atoms with Crippen molar-refractivity contribution in [2.45, 2.75) is 79.7 Å². The van der Waals surface area contributed by atoms with E-state index in [1.807, 2.05) is 0 Å². The van der Waals surface area contributed by atoms with Gasteiger partial charge in [-0.05, 0) is 88.1 Å². The number of ether oxygens (including phenoxy) is 2. The molecule has 12 heteroatoms. The number of hydrogen-bond donors (Lipinski definition) is 0. The Labute approximate surface area is 257 Å². The molecular formula is C32H42F2N2O8. The van der Waals surface area contributed by atoms with E-state index < -0.39 is 36.0 Å². The fraction of sp³-hybridized carbons (Fsp3) is 0.500. The fourth-order valence-electron chi connectivity index (χ4n) is 4.77. The van der Waals surface area contributed by atoms with Crippen molar-refractivity contribution in [3.05, 3.63) is 60.2 Å². The van der Waals surface area contributed by atoms with E-state index in [1.54, 1.807) is 44.7 Å². The summed E-state index contributed by atoms with van der Waals surface area (Å²) in [7, 11) is 0. The van der Waals surface area contributed by atoms with Crippen molar-refractivity contribution >= 4 is 35.6 Å². The molecule has 0 spiro atoms. The zero-order chi connectivity index (χ0) is 34.0. The zero-order valence-corrected chi connectivity index (χ0v) is 26.4. The summed E-state index contributed by atoms with van der Waals surface area (Å²) in [6, 6.07) is 10.6. The second kappa shape index (κ2) is 20.5. The van der Waals surface area contributed by atoms with Crippen molar-refractivity contribution < 1.29 is 47.0 Å². The number of carbonyl (C=O) groups excluding carboxylic acids is 6. The molecule has 0 saturated carbocycles. The van der Waals surface area contributed by atoms with E-state index in [0.717, 1.165) is 5.69 Å². The lowest BCUT2D eigenvalue weighted by Crippen LogP contribution is -2.53. The first-order valence-corrected chi connectivity index (χ1v) is 14.1. The summed E-state index contributed by atoms with van der Waals surface area (Å²) in [5.74, 6) is -1.74. The van der Waals surface area contributed by atoms with Gasteiger partial charge < -0.3 is 19.3 Å². The van der Waals surface area contributed by atoms with Crippen LogP contribution in [0.25, 0.3) is 0 Å². The van der Waals surface area contributed by atoms with E-state index in [0.29, 0.717) is 12.2 Å². The molecule has 0 radical (unpaired) electrons. The second-order valence-corrected chi connectivity index (χ2v) is 10.9. The molecule has 2 rings (SSSR count). The number of hydrogen-bond acceptors (Lipinski definition) is 10. The van der Waals surface area contributed by atoms with E-state index in [9.17, 15) is 18.4 Å². The topological polar surface area (TPSA) is 127 Å². The predicted octanol–water partition coefficient (Wildman–Crippen LogP) is 5.06. The normalized spacial score (nSPS) is 10.5. The average Bonchev–Trinajstić information content (AvgIpc) is 2.90. The number of esters is 2. The Morgan fingerprint density at radius 3 is 1.20 bits per heavy atom. The van der Waals surface area contributed by atoms with Crippen molar-refractivity contribution in [1.82, 2.24) is 0 Å². The highest BCUT2D eigenvalue weighted by Crippen LogP contribution is 2.28. The maximum absolute atomic E-state index is 13.8. The fourth-order valence-corrected chi connectivity index (χ4v) is 4.77. The van der Waals surface area contributed by atoms with Gasteiger partial charge in [-0.1, -0.05) is 27.7 Å². The summed E-state index contributed by atoms with van der Waals surface area (Å²) in [5, 5.41) is 0. The molecule has 0 aliphatic carbocycles. The number of carbonyl (C=O) groups is 2. The van der Waals surface area contributed by atoms with Crippen LogP contribution in [0.3, 0.4) is 0 Å². The number of anilines is 2. The van der Waals surface area contributed by atoms with E-state index in [-0.39, 0.29) is 42.5 Å². The first-order chi connectivity index (χ1) is 20.6. The highest BCUT2D eigenvalue weighted by atomic mass is 19.1. The van der Waals surface area contributed by atoms with Gasteiger partial charge in [-0.15, -0.1) is 0 Å². The molecule has 0 bridgehead atoms. The van der Waals surface area contributed by atoms with Crippen LogP contribution in [-0.4, -0.2) is 61.6 Å². The van der Waals surface area contributed by atoms with Gasteiger partial charge in [0, 0.05) is 30.5 Å². The third-order valence-corrected chi connectivity index (χ3v) is 6.09. The molecule has 0 amide bonds. The van der Waals surface area contributed by atoms with E-state index in [1.165, 1.54) is 36.4 Å². The molecule has 44 heavy (non-hydrogen) atoms. The van der Waals surface area contributed by atoms with Gasteiger partial charge in [0.05, 0.1) is 12.2 Å². The number of nitrogens with zero attached hydrogens (tertiary/aromatic N) is 2. The van der Waals surface area contributed by atoms with Gasteiger partial charge >= 0.3 is 24.2 Å². The lowest BCUT2D eigenvalue weighted by Gasteiger charge is -2.41. The van der Waals surface area contributed by atoms with Gasteiger partial charge in [-0.3, -0.25) is 0 Å². The van der Waals surface area contributed by atoms with Gasteiger partial charge in [0.15, 0.2) is 0 Å². The molecule has 2 aromatic rings. The summed E-state index contributed by atoms with van der Waals surface area (Å²) in [6.45, 7) is 15.9. The number of rotatable bonds is 13. The SMILES string of the molecule is CC(C)OC(=O)C(C(=O)OC(C)C)N(CCN(c1ccc(F)cc1)C(C(C)C)C(C)C)c1ccc(F)cc1.O=C=O.O=C=O. The minimum absolute atomic E-state index is 0.0826.